The van der Waals surface area contributed by atoms with Gasteiger partial charge in [-0.3, -0.25) is 0 Å². The van der Waals surface area contributed by atoms with E-state index in [2.05, 4.69) is 60.2 Å². The van der Waals surface area contributed by atoms with E-state index in [9.17, 15) is 0 Å². The molecule has 0 spiro atoms. The standard InChI is InChI=1S/C16H23N3/c1-12-4-5-16-15(8-12)13(10-19(16)3)9-14-11-18(2)7-6-17-14/h4-5,8,10,14,17H,6-7,9,11H2,1-3H3. The molecule has 1 aromatic heterocycles. The van der Waals surface area contributed by atoms with Gasteiger partial charge in [-0.1, -0.05) is 11.6 Å². The summed E-state index contributed by atoms with van der Waals surface area (Å²) in [5.74, 6) is 0. The molecule has 1 aromatic carbocycles. The lowest BCUT2D eigenvalue weighted by atomic mass is 10.0. The van der Waals surface area contributed by atoms with Gasteiger partial charge in [-0.15, -0.1) is 0 Å². The van der Waals surface area contributed by atoms with E-state index in [0.717, 1.165) is 26.1 Å². The number of benzene rings is 1. The Morgan fingerprint density at radius 2 is 2.16 bits per heavy atom. The summed E-state index contributed by atoms with van der Waals surface area (Å²) in [4.78, 5) is 2.41. The van der Waals surface area contributed by atoms with Gasteiger partial charge >= 0.3 is 0 Å². The fourth-order valence-corrected chi connectivity index (χ4v) is 3.14. The van der Waals surface area contributed by atoms with Gasteiger partial charge in [0, 0.05) is 49.8 Å². The van der Waals surface area contributed by atoms with E-state index in [0.29, 0.717) is 6.04 Å². The molecule has 0 amide bonds. The number of likely N-dealkylation sites (N-methyl/N-ethyl adjacent to an activating group) is 1. The molecule has 2 heterocycles. The Labute approximate surface area is 115 Å². The van der Waals surface area contributed by atoms with Crippen molar-refractivity contribution in [1.82, 2.24) is 14.8 Å². The molecule has 1 unspecified atom stereocenters. The molecule has 2 aromatic rings. The Kier molecular flexibility index (Phi) is 3.33. The van der Waals surface area contributed by atoms with Crippen LogP contribution >= 0.6 is 0 Å². The van der Waals surface area contributed by atoms with Crippen molar-refractivity contribution in [1.29, 1.82) is 0 Å². The minimum absolute atomic E-state index is 0.574. The zero-order valence-corrected chi connectivity index (χ0v) is 12.1. The van der Waals surface area contributed by atoms with Crippen molar-refractivity contribution in [3.05, 3.63) is 35.5 Å². The van der Waals surface area contributed by atoms with Gasteiger partial charge < -0.3 is 14.8 Å². The molecule has 1 atom stereocenters. The number of aromatic nitrogens is 1. The van der Waals surface area contributed by atoms with Crippen molar-refractivity contribution in [2.45, 2.75) is 19.4 Å². The predicted molar refractivity (Wildman–Crippen MR) is 80.6 cm³/mol. The van der Waals surface area contributed by atoms with Crippen molar-refractivity contribution >= 4 is 10.9 Å². The topological polar surface area (TPSA) is 20.2 Å². The maximum atomic E-state index is 3.64. The van der Waals surface area contributed by atoms with E-state index in [1.807, 2.05) is 0 Å². The second-order valence-electron chi connectivity index (χ2n) is 5.90. The molecule has 1 saturated heterocycles. The third kappa shape index (κ3) is 2.53. The smallest absolute Gasteiger partial charge is 0.0480 e. The molecule has 1 aliphatic heterocycles. The fraction of sp³-hybridized carbons (Fsp3) is 0.500. The lowest BCUT2D eigenvalue weighted by Crippen LogP contribution is -2.49. The Morgan fingerprint density at radius 3 is 2.95 bits per heavy atom. The van der Waals surface area contributed by atoms with E-state index in [1.54, 1.807) is 0 Å². The van der Waals surface area contributed by atoms with E-state index in [-0.39, 0.29) is 0 Å². The lowest BCUT2D eigenvalue weighted by molar-refractivity contribution is 0.238. The van der Waals surface area contributed by atoms with Crippen LogP contribution in [0.5, 0.6) is 0 Å². The summed E-state index contributed by atoms with van der Waals surface area (Å²) in [6, 6.07) is 7.31. The van der Waals surface area contributed by atoms with Crippen LogP contribution in [0.3, 0.4) is 0 Å². The molecule has 1 N–H and O–H groups in total. The molecule has 0 aliphatic carbocycles. The molecule has 1 aliphatic rings. The first-order valence-electron chi connectivity index (χ1n) is 7.10. The normalized spacial score (nSPS) is 21.1. The summed E-state index contributed by atoms with van der Waals surface area (Å²) in [6.45, 7) is 5.57. The van der Waals surface area contributed by atoms with Crippen LogP contribution in [0.25, 0.3) is 10.9 Å². The Morgan fingerprint density at radius 1 is 1.32 bits per heavy atom. The summed E-state index contributed by atoms with van der Waals surface area (Å²) in [7, 11) is 4.35. The average molecular weight is 257 g/mol. The van der Waals surface area contributed by atoms with Crippen LogP contribution in [0.4, 0.5) is 0 Å². The number of hydrogen-bond donors (Lipinski definition) is 1. The van der Waals surface area contributed by atoms with Crippen LogP contribution in [0, 0.1) is 6.92 Å². The zero-order valence-electron chi connectivity index (χ0n) is 12.1. The molecular weight excluding hydrogens is 234 g/mol. The second-order valence-corrected chi connectivity index (χ2v) is 5.90. The van der Waals surface area contributed by atoms with Crippen molar-refractivity contribution in [3.8, 4) is 0 Å². The largest absolute Gasteiger partial charge is 0.350 e. The number of aryl methyl sites for hydroxylation is 2. The van der Waals surface area contributed by atoms with Crippen LogP contribution < -0.4 is 5.32 Å². The predicted octanol–water partition coefficient (Wildman–Crippen LogP) is 1.93. The summed E-state index contributed by atoms with van der Waals surface area (Å²) in [5, 5.41) is 5.05. The Hall–Kier alpha value is -1.32. The van der Waals surface area contributed by atoms with Crippen molar-refractivity contribution in [3.63, 3.8) is 0 Å². The molecule has 19 heavy (non-hydrogen) atoms. The Balaban J connectivity index is 1.90. The van der Waals surface area contributed by atoms with E-state index >= 15 is 0 Å². The summed E-state index contributed by atoms with van der Waals surface area (Å²) in [6.07, 6.45) is 3.41. The summed E-state index contributed by atoms with van der Waals surface area (Å²) >= 11 is 0. The first-order chi connectivity index (χ1) is 9.13. The summed E-state index contributed by atoms with van der Waals surface area (Å²) < 4.78 is 2.25. The maximum Gasteiger partial charge on any atom is 0.0480 e. The molecule has 1 fully saturated rings. The number of nitrogens with zero attached hydrogens (tertiary/aromatic N) is 2. The van der Waals surface area contributed by atoms with E-state index in [4.69, 9.17) is 0 Å². The third-order valence-electron chi connectivity index (χ3n) is 4.15. The van der Waals surface area contributed by atoms with Crippen LogP contribution in [0.1, 0.15) is 11.1 Å². The highest BCUT2D eigenvalue weighted by atomic mass is 15.2. The minimum Gasteiger partial charge on any atom is -0.350 e. The SMILES string of the molecule is Cc1ccc2c(c1)c(CC1CN(C)CCN1)cn2C. The molecule has 0 bridgehead atoms. The third-order valence-corrected chi connectivity index (χ3v) is 4.15. The molecule has 0 radical (unpaired) electrons. The highest BCUT2D eigenvalue weighted by molar-refractivity contribution is 5.84. The van der Waals surface area contributed by atoms with Gasteiger partial charge in [0.25, 0.3) is 0 Å². The number of rotatable bonds is 2. The molecule has 102 valence electrons. The number of piperazine rings is 1. The molecule has 0 saturated carbocycles. The molecule has 3 nitrogen and oxygen atoms in total. The average Bonchev–Trinajstić information content (AvgIpc) is 2.66. The van der Waals surface area contributed by atoms with E-state index in [1.165, 1.54) is 22.0 Å². The minimum atomic E-state index is 0.574. The number of fused-ring (bicyclic) bond motifs is 1. The quantitative estimate of drug-likeness (QED) is 0.887. The lowest BCUT2D eigenvalue weighted by Gasteiger charge is -2.30. The molecular formula is C16H23N3. The van der Waals surface area contributed by atoms with Gasteiger partial charge in [-0.25, -0.2) is 0 Å². The van der Waals surface area contributed by atoms with E-state index < -0.39 is 0 Å². The summed E-state index contributed by atoms with van der Waals surface area (Å²) in [5.41, 5.74) is 4.15. The van der Waals surface area contributed by atoms with Crippen LogP contribution in [0.2, 0.25) is 0 Å². The van der Waals surface area contributed by atoms with Crippen molar-refractivity contribution < 1.29 is 0 Å². The van der Waals surface area contributed by atoms with Crippen LogP contribution in [0.15, 0.2) is 24.4 Å². The monoisotopic (exact) mass is 257 g/mol. The van der Waals surface area contributed by atoms with Crippen LogP contribution in [-0.4, -0.2) is 42.2 Å². The van der Waals surface area contributed by atoms with Crippen molar-refractivity contribution in [2.75, 3.05) is 26.7 Å². The number of hydrogen-bond acceptors (Lipinski definition) is 2. The molecule has 3 rings (SSSR count). The van der Waals surface area contributed by atoms with Gasteiger partial charge in [0.05, 0.1) is 0 Å². The maximum absolute atomic E-state index is 3.64. The zero-order chi connectivity index (χ0) is 13.4. The second kappa shape index (κ2) is 4.99. The Bertz CT molecular complexity index is 585. The molecule has 3 heteroatoms. The van der Waals surface area contributed by atoms with Gasteiger partial charge in [-0.05, 0) is 38.1 Å². The highest BCUT2D eigenvalue weighted by Crippen LogP contribution is 2.23. The highest BCUT2D eigenvalue weighted by Gasteiger charge is 2.18. The van der Waals surface area contributed by atoms with Gasteiger partial charge in [-0.2, -0.15) is 0 Å². The van der Waals surface area contributed by atoms with Crippen LogP contribution in [-0.2, 0) is 13.5 Å². The fourth-order valence-electron chi connectivity index (χ4n) is 3.14. The van der Waals surface area contributed by atoms with Crippen molar-refractivity contribution in [2.24, 2.45) is 7.05 Å². The number of nitrogens with one attached hydrogen (secondary N) is 1. The first-order valence-corrected chi connectivity index (χ1v) is 7.10. The van der Waals surface area contributed by atoms with Gasteiger partial charge in [0.2, 0.25) is 0 Å². The van der Waals surface area contributed by atoms with Gasteiger partial charge in [0.1, 0.15) is 0 Å². The first kappa shape index (κ1) is 12.7. The van der Waals surface area contributed by atoms with Gasteiger partial charge in [0.15, 0.2) is 0 Å².